The molecular formula is C9H6ClN3O2. The highest BCUT2D eigenvalue weighted by molar-refractivity contribution is 6.68. The van der Waals surface area contributed by atoms with Gasteiger partial charge in [-0.25, -0.2) is 0 Å². The lowest BCUT2D eigenvalue weighted by molar-refractivity contribution is 0.317. The minimum Gasteiger partial charge on any atom is -0.409 e. The number of benzene rings is 1. The fourth-order valence-electron chi connectivity index (χ4n) is 1.05. The molecule has 0 aliphatic heterocycles. The van der Waals surface area contributed by atoms with Gasteiger partial charge >= 0.3 is 0 Å². The molecule has 0 bridgehead atoms. The minimum absolute atomic E-state index is 0.0157. The highest BCUT2D eigenvalue weighted by Gasteiger charge is 2.12. The maximum Gasteiger partial charge on any atom is 0.292 e. The van der Waals surface area contributed by atoms with E-state index in [0.717, 1.165) is 5.56 Å². The molecule has 0 saturated carbocycles. The highest BCUT2D eigenvalue weighted by atomic mass is 35.5. The van der Waals surface area contributed by atoms with Crippen LogP contribution >= 0.6 is 11.6 Å². The zero-order valence-electron chi connectivity index (χ0n) is 7.46. The summed E-state index contributed by atoms with van der Waals surface area (Å²) in [7, 11) is 0. The zero-order chi connectivity index (χ0) is 10.7. The van der Waals surface area contributed by atoms with Gasteiger partial charge in [0.15, 0.2) is 0 Å². The summed E-state index contributed by atoms with van der Waals surface area (Å²) in [6.45, 7) is 0. The third kappa shape index (κ3) is 1.97. The van der Waals surface area contributed by atoms with Gasteiger partial charge in [-0.05, 0) is 0 Å². The standard InChI is InChI=1S/C9H6ClN3O2/c10-7(12-14)9-11-8(13-15-9)6-4-2-1-3-5-6/h1-5,14H/b12-7+. The fraction of sp³-hybridized carbons (Fsp3) is 0. The Morgan fingerprint density at radius 1 is 1.33 bits per heavy atom. The third-order valence-electron chi connectivity index (χ3n) is 1.72. The summed E-state index contributed by atoms with van der Waals surface area (Å²) in [5, 5.41) is 14.6. The van der Waals surface area contributed by atoms with Gasteiger partial charge in [0, 0.05) is 5.56 Å². The van der Waals surface area contributed by atoms with Gasteiger partial charge in [-0.1, -0.05) is 52.2 Å². The van der Waals surface area contributed by atoms with Crippen molar-refractivity contribution < 1.29 is 9.73 Å². The molecule has 0 amide bonds. The first-order valence-corrected chi connectivity index (χ1v) is 4.46. The molecule has 1 aromatic carbocycles. The summed E-state index contributed by atoms with van der Waals surface area (Å²) in [5.74, 6) is 0.380. The van der Waals surface area contributed by atoms with E-state index in [1.165, 1.54) is 0 Å². The minimum atomic E-state index is -0.232. The van der Waals surface area contributed by atoms with Crippen LogP contribution in [0, 0.1) is 0 Å². The number of oxime groups is 1. The van der Waals surface area contributed by atoms with Crippen LogP contribution < -0.4 is 0 Å². The lowest BCUT2D eigenvalue weighted by Crippen LogP contribution is -1.90. The van der Waals surface area contributed by atoms with Crippen LogP contribution in [0.1, 0.15) is 5.89 Å². The van der Waals surface area contributed by atoms with Gasteiger partial charge in [-0.2, -0.15) is 4.98 Å². The molecule has 0 radical (unpaired) electrons. The number of nitrogens with zero attached hydrogens (tertiary/aromatic N) is 3. The van der Waals surface area contributed by atoms with E-state index < -0.39 is 0 Å². The Bertz CT molecular complexity index is 481. The van der Waals surface area contributed by atoms with Crippen molar-refractivity contribution in [2.45, 2.75) is 0 Å². The lowest BCUT2D eigenvalue weighted by Gasteiger charge is -1.89. The van der Waals surface area contributed by atoms with Crippen molar-refractivity contribution in [2.24, 2.45) is 5.16 Å². The Balaban J connectivity index is 2.36. The molecule has 1 heterocycles. The molecule has 0 unspecified atom stereocenters. The molecule has 0 fully saturated rings. The van der Waals surface area contributed by atoms with Gasteiger partial charge in [-0.3, -0.25) is 0 Å². The molecule has 6 heteroatoms. The first kappa shape index (κ1) is 9.67. The van der Waals surface area contributed by atoms with E-state index in [4.69, 9.17) is 21.3 Å². The van der Waals surface area contributed by atoms with Gasteiger partial charge in [-0.15, -0.1) is 0 Å². The fourth-order valence-corrected chi connectivity index (χ4v) is 1.13. The van der Waals surface area contributed by atoms with Crippen molar-refractivity contribution in [2.75, 3.05) is 0 Å². The Morgan fingerprint density at radius 3 is 2.73 bits per heavy atom. The Morgan fingerprint density at radius 2 is 2.07 bits per heavy atom. The molecule has 15 heavy (non-hydrogen) atoms. The molecular weight excluding hydrogens is 218 g/mol. The second kappa shape index (κ2) is 4.10. The van der Waals surface area contributed by atoms with Crippen molar-refractivity contribution in [1.29, 1.82) is 0 Å². The summed E-state index contributed by atoms with van der Waals surface area (Å²) >= 11 is 5.50. The molecule has 2 rings (SSSR count). The molecule has 0 saturated heterocycles. The van der Waals surface area contributed by atoms with Crippen molar-refractivity contribution in [3.63, 3.8) is 0 Å². The first-order valence-electron chi connectivity index (χ1n) is 4.08. The highest BCUT2D eigenvalue weighted by Crippen LogP contribution is 2.15. The number of hydrogen-bond acceptors (Lipinski definition) is 5. The summed E-state index contributed by atoms with van der Waals surface area (Å²) in [5.41, 5.74) is 0.801. The van der Waals surface area contributed by atoms with Gasteiger partial charge < -0.3 is 9.73 Å². The predicted molar refractivity (Wildman–Crippen MR) is 53.9 cm³/mol. The molecule has 0 atom stereocenters. The quantitative estimate of drug-likeness (QED) is 0.481. The third-order valence-corrected chi connectivity index (χ3v) is 1.96. The van der Waals surface area contributed by atoms with Crippen LogP contribution in [-0.2, 0) is 0 Å². The molecule has 2 aromatic rings. The summed E-state index contributed by atoms with van der Waals surface area (Å²) in [6, 6.07) is 9.25. The Labute approximate surface area is 90.0 Å². The van der Waals surface area contributed by atoms with E-state index in [-0.39, 0.29) is 11.1 Å². The molecule has 76 valence electrons. The SMILES string of the molecule is O/N=C(/Cl)c1nc(-c2ccccc2)no1. The Kier molecular flexibility index (Phi) is 2.64. The van der Waals surface area contributed by atoms with Crippen LogP contribution in [0.25, 0.3) is 11.4 Å². The number of rotatable bonds is 2. The average molecular weight is 224 g/mol. The topological polar surface area (TPSA) is 71.5 Å². The molecule has 1 aromatic heterocycles. The van der Waals surface area contributed by atoms with E-state index in [1.54, 1.807) is 0 Å². The summed E-state index contributed by atoms with van der Waals surface area (Å²) in [6.07, 6.45) is 0. The van der Waals surface area contributed by atoms with Gasteiger partial charge in [0.2, 0.25) is 11.0 Å². The summed E-state index contributed by atoms with van der Waals surface area (Å²) in [4.78, 5) is 3.95. The van der Waals surface area contributed by atoms with Crippen molar-refractivity contribution in [3.8, 4) is 11.4 Å². The van der Waals surface area contributed by atoms with Crippen molar-refractivity contribution in [3.05, 3.63) is 36.2 Å². The predicted octanol–water partition coefficient (Wildman–Crippen LogP) is 2.11. The van der Waals surface area contributed by atoms with E-state index in [1.807, 2.05) is 30.3 Å². The monoisotopic (exact) mass is 223 g/mol. The molecule has 0 aliphatic rings. The lowest BCUT2D eigenvalue weighted by atomic mass is 10.2. The Hall–Kier alpha value is -1.88. The second-order valence-electron chi connectivity index (χ2n) is 2.68. The van der Waals surface area contributed by atoms with E-state index in [2.05, 4.69) is 15.3 Å². The van der Waals surface area contributed by atoms with Crippen LogP contribution in [-0.4, -0.2) is 20.5 Å². The average Bonchev–Trinajstić information content (AvgIpc) is 2.78. The van der Waals surface area contributed by atoms with Crippen molar-refractivity contribution in [1.82, 2.24) is 10.1 Å². The van der Waals surface area contributed by atoms with Gasteiger partial charge in [0.25, 0.3) is 5.89 Å². The van der Waals surface area contributed by atoms with Crippen LogP contribution in [0.15, 0.2) is 40.0 Å². The van der Waals surface area contributed by atoms with Gasteiger partial charge in [0.05, 0.1) is 0 Å². The largest absolute Gasteiger partial charge is 0.409 e. The maximum absolute atomic E-state index is 8.40. The first-order chi connectivity index (χ1) is 7.31. The second-order valence-corrected chi connectivity index (χ2v) is 3.04. The van der Waals surface area contributed by atoms with E-state index in [9.17, 15) is 0 Å². The van der Waals surface area contributed by atoms with Crippen LogP contribution in [0.5, 0.6) is 0 Å². The molecule has 0 aliphatic carbocycles. The normalized spacial score (nSPS) is 11.7. The van der Waals surface area contributed by atoms with Crippen molar-refractivity contribution >= 4 is 16.8 Å². The molecule has 0 spiro atoms. The van der Waals surface area contributed by atoms with E-state index >= 15 is 0 Å². The summed E-state index contributed by atoms with van der Waals surface area (Å²) < 4.78 is 4.79. The maximum atomic E-state index is 8.40. The van der Waals surface area contributed by atoms with Gasteiger partial charge in [0.1, 0.15) is 0 Å². The van der Waals surface area contributed by atoms with Crippen LogP contribution in [0.3, 0.4) is 0 Å². The van der Waals surface area contributed by atoms with Crippen LogP contribution in [0.2, 0.25) is 0 Å². The molecule has 1 N–H and O–H groups in total. The zero-order valence-corrected chi connectivity index (χ0v) is 8.22. The molecule has 5 nitrogen and oxygen atoms in total. The number of halogens is 1. The van der Waals surface area contributed by atoms with E-state index in [0.29, 0.717) is 5.82 Å². The number of hydrogen-bond donors (Lipinski definition) is 1. The van der Waals surface area contributed by atoms with Crippen LogP contribution in [0.4, 0.5) is 0 Å². The smallest absolute Gasteiger partial charge is 0.292 e. The number of aromatic nitrogens is 2.